The average Bonchev–Trinajstić information content (AvgIpc) is 3.23. The van der Waals surface area contributed by atoms with Crippen molar-refractivity contribution >= 4 is 17.1 Å². The fourth-order valence-corrected chi connectivity index (χ4v) is 2.53. The number of carbonyl (C=O) groups excluding carboxylic acids is 1. The minimum absolute atomic E-state index is 0.409. The lowest BCUT2D eigenvalue weighted by atomic mass is 10.2. The lowest BCUT2D eigenvalue weighted by Gasteiger charge is -2.06. The first-order valence-electron chi connectivity index (χ1n) is 7.52. The molecule has 0 radical (unpaired) electrons. The van der Waals surface area contributed by atoms with Gasteiger partial charge in [-0.05, 0) is 48.5 Å². The molecule has 118 valence electrons. The molecule has 4 rings (SSSR count). The van der Waals surface area contributed by atoms with Crippen LogP contribution in [-0.2, 0) is 0 Å². The molecule has 5 nitrogen and oxygen atoms in total. The highest BCUT2D eigenvalue weighted by Crippen LogP contribution is 2.22. The van der Waals surface area contributed by atoms with Crippen LogP contribution in [0.4, 0.5) is 0 Å². The highest BCUT2D eigenvalue weighted by Gasteiger charge is 2.11. The highest BCUT2D eigenvalue weighted by molar-refractivity contribution is 5.91. The third kappa shape index (κ3) is 2.67. The Kier molecular flexibility index (Phi) is 3.39. The van der Waals surface area contributed by atoms with Gasteiger partial charge in [-0.2, -0.15) is 0 Å². The Balaban J connectivity index is 1.54. The average molecular weight is 318 g/mol. The van der Waals surface area contributed by atoms with E-state index >= 15 is 0 Å². The van der Waals surface area contributed by atoms with E-state index in [1.165, 1.54) is 0 Å². The molecule has 0 atom stereocenters. The molecule has 0 aliphatic rings. The standard InChI is InChI=1S/C19H14N2O3/c1-13-20-17-12-16(8-9-18(17)23-13)24-19(22)14-4-6-15(7-5-14)21-10-2-3-11-21/h2-12H,1H3. The lowest BCUT2D eigenvalue weighted by molar-refractivity contribution is 0.0735. The van der Waals surface area contributed by atoms with Crippen LogP contribution in [0.15, 0.2) is 71.4 Å². The first kappa shape index (κ1) is 14.3. The summed E-state index contributed by atoms with van der Waals surface area (Å²) in [6.07, 6.45) is 3.89. The smallest absolute Gasteiger partial charge is 0.343 e. The third-order valence-corrected chi connectivity index (χ3v) is 3.68. The molecule has 2 aromatic heterocycles. The normalized spacial score (nSPS) is 10.9. The summed E-state index contributed by atoms with van der Waals surface area (Å²) in [5.41, 5.74) is 2.81. The zero-order valence-corrected chi connectivity index (χ0v) is 13.0. The predicted molar refractivity (Wildman–Crippen MR) is 89.5 cm³/mol. The van der Waals surface area contributed by atoms with Crippen molar-refractivity contribution in [3.8, 4) is 11.4 Å². The summed E-state index contributed by atoms with van der Waals surface area (Å²) >= 11 is 0. The van der Waals surface area contributed by atoms with E-state index in [-0.39, 0.29) is 0 Å². The number of oxazole rings is 1. The van der Waals surface area contributed by atoms with Crippen molar-refractivity contribution in [2.24, 2.45) is 0 Å². The number of esters is 1. The van der Waals surface area contributed by atoms with E-state index in [0.29, 0.717) is 28.3 Å². The second kappa shape index (κ2) is 5.70. The van der Waals surface area contributed by atoms with Gasteiger partial charge in [0.25, 0.3) is 0 Å². The van der Waals surface area contributed by atoms with Crippen molar-refractivity contribution in [3.63, 3.8) is 0 Å². The Labute approximate surface area is 138 Å². The van der Waals surface area contributed by atoms with E-state index in [4.69, 9.17) is 9.15 Å². The number of nitrogens with zero attached hydrogens (tertiary/aromatic N) is 2. The quantitative estimate of drug-likeness (QED) is 0.421. The van der Waals surface area contributed by atoms with Crippen LogP contribution in [-0.4, -0.2) is 15.5 Å². The molecular formula is C19H14N2O3. The van der Waals surface area contributed by atoms with Crippen molar-refractivity contribution in [2.45, 2.75) is 6.92 Å². The monoisotopic (exact) mass is 318 g/mol. The summed E-state index contributed by atoms with van der Waals surface area (Å²) < 4.78 is 12.8. The van der Waals surface area contributed by atoms with E-state index in [0.717, 1.165) is 5.69 Å². The van der Waals surface area contributed by atoms with Crippen LogP contribution < -0.4 is 4.74 Å². The molecule has 0 aliphatic carbocycles. The number of fused-ring (bicyclic) bond motifs is 1. The lowest BCUT2D eigenvalue weighted by Crippen LogP contribution is -2.08. The molecule has 0 N–H and O–H groups in total. The number of hydrogen-bond donors (Lipinski definition) is 0. The Morgan fingerprint density at radius 2 is 1.83 bits per heavy atom. The molecule has 4 aromatic rings. The van der Waals surface area contributed by atoms with Crippen molar-refractivity contribution in [3.05, 3.63) is 78.4 Å². The molecule has 24 heavy (non-hydrogen) atoms. The van der Waals surface area contributed by atoms with Gasteiger partial charge in [0.2, 0.25) is 0 Å². The van der Waals surface area contributed by atoms with Crippen LogP contribution in [0, 0.1) is 6.92 Å². The van der Waals surface area contributed by atoms with Gasteiger partial charge in [-0.1, -0.05) is 0 Å². The Morgan fingerprint density at radius 1 is 1.08 bits per heavy atom. The summed E-state index contributed by atoms with van der Waals surface area (Å²) in [5.74, 6) is 0.609. The summed E-state index contributed by atoms with van der Waals surface area (Å²) in [4.78, 5) is 16.5. The van der Waals surface area contributed by atoms with E-state index in [1.54, 1.807) is 37.3 Å². The Morgan fingerprint density at radius 3 is 2.58 bits per heavy atom. The van der Waals surface area contributed by atoms with Gasteiger partial charge in [0.1, 0.15) is 11.3 Å². The fraction of sp³-hybridized carbons (Fsp3) is 0.0526. The summed E-state index contributed by atoms with van der Waals surface area (Å²) in [5, 5.41) is 0. The van der Waals surface area contributed by atoms with Crippen LogP contribution in [0.1, 0.15) is 16.2 Å². The molecule has 0 unspecified atom stereocenters. The van der Waals surface area contributed by atoms with Gasteiger partial charge in [-0.25, -0.2) is 9.78 Å². The second-order valence-electron chi connectivity index (χ2n) is 5.39. The molecule has 0 aliphatic heterocycles. The third-order valence-electron chi connectivity index (χ3n) is 3.68. The van der Waals surface area contributed by atoms with Crippen molar-refractivity contribution < 1.29 is 13.9 Å². The first-order valence-corrected chi connectivity index (χ1v) is 7.52. The maximum Gasteiger partial charge on any atom is 0.343 e. The number of benzene rings is 2. The topological polar surface area (TPSA) is 57.3 Å². The molecule has 0 saturated heterocycles. The molecule has 2 heterocycles. The number of ether oxygens (including phenoxy) is 1. The fourth-order valence-electron chi connectivity index (χ4n) is 2.53. The maximum absolute atomic E-state index is 12.3. The zero-order chi connectivity index (χ0) is 16.5. The molecule has 0 spiro atoms. The summed E-state index contributed by atoms with van der Waals surface area (Å²) in [6, 6.07) is 16.3. The Hall–Kier alpha value is -3.34. The van der Waals surface area contributed by atoms with Crippen LogP contribution in [0.5, 0.6) is 5.75 Å². The van der Waals surface area contributed by atoms with Crippen molar-refractivity contribution in [1.29, 1.82) is 0 Å². The number of aryl methyl sites for hydroxylation is 1. The molecule has 0 amide bonds. The minimum Gasteiger partial charge on any atom is -0.441 e. The van der Waals surface area contributed by atoms with Gasteiger partial charge >= 0.3 is 5.97 Å². The van der Waals surface area contributed by atoms with Gasteiger partial charge in [-0.3, -0.25) is 0 Å². The van der Waals surface area contributed by atoms with Gasteiger partial charge in [0.05, 0.1) is 5.56 Å². The number of hydrogen-bond acceptors (Lipinski definition) is 4. The first-order chi connectivity index (χ1) is 11.7. The Bertz CT molecular complexity index is 999. The van der Waals surface area contributed by atoms with E-state index in [2.05, 4.69) is 4.98 Å². The molecule has 0 fully saturated rings. The number of carbonyl (C=O) groups is 1. The van der Waals surface area contributed by atoms with Gasteiger partial charge in [0, 0.05) is 31.1 Å². The molecule has 2 aromatic carbocycles. The predicted octanol–water partition coefficient (Wildman–Crippen LogP) is 4.15. The molecular weight excluding hydrogens is 304 g/mol. The van der Waals surface area contributed by atoms with Crippen LogP contribution in [0.3, 0.4) is 0 Å². The van der Waals surface area contributed by atoms with E-state index in [1.807, 2.05) is 41.2 Å². The van der Waals surface area contributed by atoms with Crippen molar-refractivity contribution in [1.82, 2.24) is 9.55 Å². The number of rotatable bonds is 3. The van der Waals surface area contributed by atoms with Gasteiger partial charge in [-0.15, -0.1) is 0 Å². The highest BCUT2D eigenvalue weighted by atomic mass is 16.5. The summed E-state index contributed by atoms with van der Waals surface area (Å²) in [6.45, 7) is 1.78. The van der Waals surface area contributed by atoms with E-state index < -0.39 is 5.97 Å². The minimum atomic E-state index is -0.409. The zero-order valence-electron chi connectivity index (χ0n) is 13.0. The van der Waals surface area contributed by atoms with Crippen LogP contribution >= 0.6 is 0 Å². The molecule has 5 heteroatoms. The molecule has 0 saturated carbocycles. The van der Waals surface area contributed by atoms with Crippen molar-refractivity contribution in [2.75, 3.05) is 0 Å². The molecule has 0 bridgehead atoms. The maximum atomic E-state index is 12.3. The van der Waals surface area contributed by atoms with E-state index in [9.17, 15) is 4.79 Å². The van der Waals surface area contributed by atoms with Gasteiger partial charge < -0.3 is 13.7 Å². The number of aromatic nitrogens is 2. The SMILES string of the molecule is Cc1nc2cc(OC(=O)c3ccc(-n4cccc4)cc3)ccc2o1. The summed E-state index contributed by atoms with van der Waals surface area (Å²) in [7, 11) is 0. The van der Waals surface area contributed by atoms with Crippen LogP contribution in [0.2, 0.25) is 0 Å². The van der Waals surface area contributed by atoms with Crippen LogP contribution in [0.25, 0.3) is 16.8 Å². The second-order valence-corrected chi connectivity index (χ2v) is 5.39. The van der Waals surface area contributed by atoms with Gasteiger partial charge in [0.15, 0.2) is 11.5 Å². The largest absolute Gasteiger partial charge is 0.441 e.